The molecule has 0 aliphatic heterocycles. The fourth-order valence-electron chi connectivity index (χ4n) is 1.30. The first-order valence-corrected chi connectivity index (χ1v) is 4.42. The average Bonchev–Trinajstić information content (AvgIpc) is 2.62. The number of fused-ring (bicyclic) bond motifs is 1. The molecule has 2 aromatic rings. The molecule has 3 nitrogen and oxygen atoms in total. The zero-order valence-corrected chi connectivity index (χ0v) is 7.95. The highest BCUT2D eigenvalue weighted by molar-refractivity contribution is 6.61. The number of rotatable bonds is 2. The third-order valence-corrected chi connectivity index (χ3v) is 2.01. The molecule has 1 heterocycles. The minimum atomic E-state index is -0.812. The van der Waals surface area contributed by atoms with Crippen LogP contribution in [0.1, 0.15) is 5.56 Å². The quantitative estimate of drug-likeness (QED) is 0.714. The van der Waals surface area contributed by atoms with Gasteiger partial charge in [-0.3, -0.25) is 0 Å². The number of ether oxygens (including phenoxy) is 1. The average molecular weight is 211 g/mol. The predicted octanol–water partition coefficient (Wildman–Crippen LogP) is 3.31. The van der Waals surface area contributed by atoms with Crippen LogP contribution in [0.5, 0.6) is 0 Å². The maximum Gasteiger partial charge on any atom is 0.404 e. The zero-order chi connectivity index (χ0) is 9.97. The lowest BCUT2D eigenvalue weighted by molar-refractivity contribution is 0.167. The maximum atomic E-state index is 10.4. The van der Waals surface area contributed by atoms with Crippen molar-refractivity contribution in [2.75, 3.05) is 0 Å². The Labute approximate surface area is 85.2 Å². The van der Waals surface area contributed by atoms with Gasteiger partial charge in [-0.25, -0.2) is 4.79 Å². The van der Waals surface area contributed by atoms with Crippen molar-refractivity contribution in [3.05, 3.63) is 36.1 Å². The van der Waals surface area contributed by atoms with Gasteiger partial charge in [0.25, 0.3) is 0 Å². The van der Waals surface area contributed by atoms with Crippen molar-refractivity contribution in [3.63, 3.8) is 0 Å². The highest BCUT2D eigenvalue weighted by atomic mass is 35.5. The van der Waals surface area contributed by atoms with Crippen molar-refractivity contribution in [2.45, 2.75) is 6.61 Å². The minimum absolute atomic E-state index is 0.132. The van der Waals surface area contributed by atoms with Gasteiger partial charge >= 0.3 is 5.43 Å². The van der Waals surface area contributed by atoms with Crippen LogP contribution in [0.2, 0.25) is 0 Å². The molecule has 0 saturated carbocycles. The second-order valence-electron chi connectivity index (χ2n) is 2.78. The number of hydrogen-bond donors (Lipinski definition) is 0. The molecule has 0 fully saturated rings. The summed E-state index contributed by atoms with van der Waals surface area (Å²) >= 11 is 5.06. The molecule has 0 saturated heterocycles. The number of benzene rings is 1. The maximum absolute atomic E-state index is 10.4. The van der Waals surface area contributed by atoms with Crippen LogP contribution >= 0.6 is 11.6 Å². The smallest absolute Gasteiger partial charge is 0.404 e. The highest BCUT2D eigenvalue weighted by Gasteiger charge is 2.05. The largest absolute Gasteiger partial charge is 0.464 e. The highest BCUT2D eigenvalue weighted by Crippen LogP contribution is 2.20. The Bertz CT molecular complexity index is 461. The van der Waals surface area contributed by atoms with E-state index in [1.165, 1.54) is 0 Å². The third-order valence-electron chi connectivity index (χ3n) is 1.90. The summed E-state index contributed by atoms with van der Waals surface area (Å²) in [6.07, 6.45) is 1.59. The van der Waals surface area contributed by atoms with Crippen LogP contribution in [0.3, 0.4) is 0 Å². The first kappa shape index (κ1) is 9.09. The molecule has 0 radical (unpaired) electrons. The molecule has 4 heteroatoms. The van der Waals surface area contributed by atoms with Gasteiger partial charge < -0.3 is 9.15 Å². The van der Waals surface area contributed by atoms with E-state index in [0.29, 0.717) is 0 Å². The number of halogens is 1. The van der Waals surface area contributed by atoms with Crippen molar-refractivity contribution < 1.29 is 13.9 Å². The van der Waals surface area contributed by atoms with E-state index in [4.69, 9.17) is 16.0 Å². The summed E-state index contributed by atoms with van der Waals surface area (Å²) in [7, 11) is 0. The molecule has 0 aliphatic carbocycles. The molecule has 0 unspecified atom stereocenters. The van der Waals surface area contributed by atoms with Crippen molar-refractivity contribution in [3.8, 4) is 0 Å². The number of carbonyl (C=O) groups is 1. The lowest BCUT2D eigenvalue weighted by Crippen LogP contribution is -1.94. The second-order valence-corrected chi connectivity index (χ2v) is 3.09. The Morgan fingerprint density at radius 1 is 1.43 bits per heavy atom. The van der Waals surface area contributed by atoms with E-state index < -0.39 is 5.43 Å². The Kier molecular flexibility index (Phi) is 2.41. The molecule has 0 amide bonds. The van der Waals surface area contributed by atoms with Gasteiger partial charge in [-0.15, -0.1) is 0 Å². The van der Waals surface area contributed by atoms with Crippen molar-refractivity contribution in [1.29, 1.82) is 0 Å². The van der Waals surface area contributed by atoms with Crippen LogP contribution in [0.25, 0.3) is 11.0 Å². The molecule has 0 N–H and O–H groups in total. The van der Waals surface area contributed by atoms with E-state index >= 15 is 0 Å². The minimum Gasteiger partial charge on any atom is -0.464 e. The molecule has 72 valence electrons. The number of para-hydroxylation sites is 1. The van der Waals surface area contributed by atoms with Crippen LogP contribution in [-0.4, -0.2) is 5.43 Å². The van der Waals surface area contributed by atoms with E-state index in [9.17, 15) is 4.79 Å². The Morgan fingerprint density at radius 3 is 3.07 bits per heavy atom. The summed E-state index contributed by atoms with van der Waals surface area (Å²) in [4.78, 5) is 10.4. The summed E-state index contributed by atoms with van der Waals surface area (Å²) in [5, 5.41) is 0.980. The SMILES string of the molecule is O=C(Cl)OCc1cccc2ccoc12. The standard InChI is InChI=1S/C10H7ClO3/c11-10(12)14-6-8-3-1-2-7-4-5-13-9(7)8/h1-5H,6H2. The van der Waals surface area contributed by atoms with E-state index in [1.54, 1.807) is 6.26 Å². The van der Waals surface area contributed by atoms with E-state index in [0.717, 1.165) is 16.5 Å². The molecule has 2 rings (SSSR count). The monoisotopic (exact) mass is 210 g/mol. The van der Waals surface area contributed by atoms with Crippen LogP contribution in [0.4, 0.5) is 4.79 Å². The van der Waals surface area contributed by atoms with Gasteiger partial charge in [-0.2, -0.15) is 0 Å². The molecule has 0 atom stereocenters. The fraction of sp³-hybridized carbons (Fsp3) is 0.100. The summed E-state index contributed by atoms with van der Waals surface area (Å²) in [5.74, 6) is 0. The number of hydrogen-bond acceptors (Lipinski definition) is 3. The first-order valence-electron chi connectivity index (χ1n) is 4.05. The lowest BCUT2D eigenvalue weighted by Gasteiger charge is -2.01. The normalized spacial score (nSPS) is 10.4. The lowest BCUT2D eigenvalue weighted by atomic mass is 10.2. The van der Waals surface area contributed by atoms with Crippen LogP contribution in [0.15, 0.2) is 34.9 Å². The van der Waals surface area contributed by atoms with E-state index in [2.05, 4.69) is 4.74 Å². The molecular weight excluding hydrogens is 204 g/mol. The number of carbonyl (C=O) groups excluding carboxylic acids is 1. The van der Waals surface area contributed by atoms with Gasteiger partial charge in [0.2, 0.25) is 0 Å². The molecule has 0 bridgehead atoms. The summed E-state index contributed by atoms with van der Waals surface area (Å²) < 4.78 is 9.92. The van der Waals surface area contributed by atoms with E-state index in [1.807, 2.05) is 24.3 Å². The van der Waals surface area contributed by atoms with Crippen LogP contribution in [-0.2, 0) is 11.3 Å². The summed E-state index contributed by atoms with van der Waals surface area (Å²) in [6.45, 7) is 0.132. The van der Waals surface area contributed by atoms with Crippen LogP contribution < -0.4 is 0 Å². The Hall–Kier alpha value is -1.48. The Balaban J connectivity index is 2.32. The summed E-state index contributed by atoms with van der Waals surface area (Å²) in [6, 6.07) is 7.47. The molecule has 1 aromatic heterocycles. The first-order chi connectivity index (χ1) is 6.77. The fourth-order valence-corrected chi connectivity index (χ4v) is 1.36. The van der Waals surface area contributed by atoms with Crippen LogP contribution in [0, 0.1) is 0 Å². The summed E-state index contributed by atoms with van der Waals surface area (Å²) in [5.41, 5.74) is 0.723. The third kappa shape index (κ3) is 1.72. The van der Waals surface area contributed by atoms with Gasteiger partial charge in [0.15, 0.2) is 0 Å². The molecular formula is C10H7ClO3. The van der Waals surface area contributed by atoms with Crippen molar-refractivity contribution in [2.24, 2.45) is 0 Å². The molecule has 14 heavy (non-hydrogen) atoms. The Morgan fingerprint density at radius 2 is 2.29 bits per heavy atom. The topological polar surface area (TPSA) is 39.4 Å². The molecule has 0 aliphatic rings. The predicted molar refractivity (Wildman–Crippen MR) is 52.3 cm³/mol. The number of furan rings is 1. The molecule has 0 spiro atoms. The van der Waals surface area contributed by atoms with Gasteiger partial charge in [0.05, 0.1) is 6.26 Å². The van der Waals surface area contributed by atoms with Gasteiger partial charge in [-0.05, 0) is 6.07 Å². The molecule has 1 aromatic carbocycles. The second kappa shape index (κ2) is 3.72. The van der Waals surface area contributed by atoms with Crippen molar-refractivity contribution >= 4 is 28.0 Å². The zero-order valence-electron chi connectivity index (χ0n) is 7.20. The van der Waals surface area contributed by atoms with Gasteiger partial charge in [-0.1, -0.05) is 18.2 Å². The van der Waals surface area contributed by atoms with Gasteiger partial charge in [0.1, 0.15) is 12.2 Å². The van der Waals surface area contributed by atoms with Gasteiger partial charge in [0, 0.05) is 22.6 Å². The van der Waals surface area contributed by atoms with E-state index in [-0.39, 0.29) is 6.61 Å². The van der Waals surface area contributed by atoms with Crippen molar-refractivity contribution in [1.82, 2.24) is 0 Å².